The Labute approximate surface area is 358 Å². The zero-order chi connectivity index (χ0) is 40.5. The molecule has 288 valence electrons. The average molecular weight is 789 g/mol. The molecule has 3 nitrogen and oxygen atoms in total. The summed E-state index contributed by atoms with van der Waals surface area (Å²) in [5, 5.41) is 7.04. The van der Waals surface area contributed by atoms with Gasteiger partial charge in [-0.1, -0.05) is 152 Å². The van der Waals surface area contributed by atoms with Crippen LogP contribution in [-0.4, -0.2) is 4.57 Å². The van der Waals surface area contributed by atoms with Crippen molar-refractivity contribution in [1.29, 1.82) is 0 Å². The molecule has 3 heteroatoms. The van der Waals surface area contributed by atoms with Crippen LogP contribution in [0.4, 0.5) is 17.1 Å². The zero-order valence-corrected chi connectivity index (χ0v) is 33.6. The summed E-state index contributed by atoms with van der Waals surface area (Å²) in [6.07, 6.45) is 0. The molecule has 14 rings (SSSR count). The molecule has 62 heavy (non-hydrogen) atoms. The Morgan fingerprint density at radius 3 is 1.85 bits per heavy atom. The number of anilines is 3. The Morgan fingerprint density at radius 1 is 0.371 bits per heavy atom. The maximum Gasteiger partial charge on any atom is 0.145 e. The monoisotopic (exact) mass is 788 g/mol. The van der Waals surface area contributed by atoms with Gasteiger partial charge >= 0.3 is 0 Å². The topological polar surface area (TPSA) is 21.3 Å². The maximum atomic E-state index is 7.39. The zero-order valence-electron chi connectivity index (χ0n) is 33.6. The molecule has 12 aromatic rings. The number of rotatable bonds is 4. The maximum absolute atomic E-state index is 7.39. The third-order valence-corrected chi connectivity index (χ3v) is 13.8. The number of fused-ring (bicyclic) bond motifs is 19. The van der Waals surface area contributed by atoms with E-state index in [0.29, 0.717) is 0 Å². The van der Waals surface area contributed by atoms with Gasteiger partial charge in [-0.3, -0.25) is 0 Å². The van der Waals surface area contributed by atoms with Gasteiger partial charge in [-0.05, 0) is 116 Å². The third-order valence-electron chi connectivity index (χ3n) is 13.8. The van der Waals surface area contributed by atoms with Gasteiger partial charge in [0.1, 0.15) is 11.2 Å². The summed E-state index contributed by atoms with van der Waals surface area (Å²) < 4.78 is 9.76. The van der Waals surface area contributed by atoms with Crippen LogP contribution in [0.1, 0.15) is 22.3 Å². The van der Waals surface area contributed by atoms with E-state index in [4.69, 9.17) is 4.42 Å². The molecule has 2 heterocycles. The minimum Gasteiger partial charge on any atom is -0.455 e. The van der Waals surface area contributed by atoms with Gasteiger partial charge in [0.05, 0.1) is 21.8 Å². The van der Waals surface area contributed by atoms with Gasteiger partial charge in [-0.15, -0.1) is 0 Å². The predicted octanol–water partition coefficient (Wildman–Crippen LogP) is 15.6. The van der Waals surface area contributed by atoms with E-state index < -0.39 is 5.41 Å². The highest BCUT2D eigenvalue weighted by Crippen LogP contribution is 2.65. The summed E-state index contributed by atoms with van der Waals surface area (Å²) in [6, 6.07) is 80.1. The van der Waals surface area contributed by atoms with Gasteiger partial charge in [0.15, 0.2) is 0 Å². The quantitative estimate of drug-likeness (QED) is 0.177. The second kappa shape index (κ2) is 12.4. The minimum absolute atomic E-state index is 0.564. The first-order valence-corrected chi connectivity index (χ1v) is 21.4. The highest BCUT2D eigenvalue weighted by molar-refractivity contribution is 6.25. The molecule has 0 fully saturated rings. The lowest BCUT2D eigenvalue weighted by Gasteiger charge is -2.32. The summed E-state index contributed by atoms with van der Waals surface area (Å²) in [4.78, 5) is 2.41. The number of furan rings is 1. The Bertz CT molecular complexity index is 3820. The average Bonchev–Trinajstić information content (AvgIpc) is 4.06. The molecule has 0 N–H and O–H groups in total. The second-order valence-electron chi connectivity index (χ2n) is 16.8. The van der Waals surface area contributed by atoms with Crippen LogP contribution in [0.2, 0.25) is 0 Å². The van der Waals surface area contributed by atoms with E-state index in [1.807, 2.05) is 0 Å². The fourth-order valence-electron chi connectivity index (χ4n) is 11.3. The van der Waals surface area contributed by atoms with Crippen molar-refractivity contribution in [3.05, 3.63) is 241 Å². The molecule has 0 saturated heterocycles. The van der Waals surface area contributed by atoms with Crippen LogP contribution in [-0.2, 0) is 5.41 Å². The van der Waals surface area contributed by atoms with Crippen molar-refractivity contribution < 1.29 is 4.42 Å². The molecule has 0 saturated carbocycles. The fourth-order valence-corrected chi connectivity index (χ4v) is 11.3. The molecular formula is C59H36N2O. The molecule has 2 aliphatic carbocycles. The standard InChI is InChI=1S/C59H36N2O/c1-3-17-39(18-4-1)60(41-28-27-37-15-7-8-16-38(37)35-41)42-29-30-44-43-21-9-12-24-49(43)59(52(44)36-42)50-25-13-10-22-47(50)55-51(59)33-31-45-46-32-34-54-56(58(46)62-57(45)55)48-23-11-14-26-53(48)61(54)40-19-5-2-6-20-40/h1-36H. The molecule has 0 aliphatic heterocycles. The van der Waals surface area contributed by atoms with Gasteiger partial charge in [0.25, 0.3) is 0 Å². The summed E-state index contributed by atoms with van der Waals surface area (Å²) >= 11 is 0. The van der Waals surface area contributed by atoms with Gasteiger partial charge in [0.2, 0.25) is 0 Å². The lowest BCUT2D eigenvalue weighted by atomic mass is 9.70. The summed E-state index contributed by atoms with van der Waals surface area (Å²) in [5.41, 5.74) is 18.2. The number of hydrogen-bond acceptors (Lipinski definition) is 2. The van der Waals surface area contributed by atoms with E-state index >= 15 is 0 Å². The van der Waals surface area contributed by atoms with Crippen LogP contribution >= 0.6 is 0 Å². The summed E-state index contributed by atoms with van der Waals surface area (Å²) in [5.74, 6) is 0. The van der Waals surface area contributed by atoms with Gasteiger partial charge in [0, 0.05) is 44.5 Å². The summed E-state index contributed by atoms with van der Waals surface area (Å²) in [7, 11) is 0. The highest BCUT2D eigenvalue weighted by Gasteiger charge is 2.52. The molecule has 2 aromatic heterocycles. The van der Waals surface area contributed by atoms with Gasteiger partial charge in [-0.2, -0.15) is 0 Å². The first kappa shape index (κ1) is 33.7. The molecule has 0 bridgehead atoms. The Morgan fingerprint density at radius 2 is 1.00 bits per heavy atom. The summed E-state index contributed by atoms with van der Waals surface area (Å²) in [6.45, 7) is 0. The third kappa shape index (κ3) is 4.34. The van der Waals surface area contributed by atoms with Crippen LogP contribution in [0.3, 0.4) is 0 Å². The molecule has 1 spiro atoms. The van der Waals surface area contributed by atoms with E-state index in [1.54, 1.807) is 0 Å². The molecule has 0 radical (unpaired) electrons. The van der Waals surface area contributed by atoms with Crippen molar-refractivity contribution in [3.63, 3.8) is 0 Å². The van der Waals surface area contributed by atoms with E-state index in [-0.39, 0.29) is 0 Å². The number of aromatic nitrogens is 1. The SMILES string of the molecule is c1ccc(N(c2ccc3c(c2)C2(c4ccccc4-3)c3ccccc3-c3c2ccc2c3oc3c2ccc2c3c3ccccc3n2-c2ccccc2)c2ccc3ccccc3c2)cc1. The number of hydrogen-bond donors (Lipinski definition) is 0. The molecule has 0 amide bonds. The first-order chi connectivity index (χ1) is 30.8. The molecule has 10 aromatic carbocycles. The second-order valence-corrected chi connectivity index (χ2v) is 16.8. The van der Waals surface area contributed by atoms with Crippen molar-refractivity contribution >= 4 is 71.6 Å². The van der Waals surface area contributed by atoms with E-state index in [2.05, 4.69) is 228 Å². The van der Waals surface area contributed by atoms with Crippen molar-refractivity contribution in [3.8, 4) is 27.9 Å². The lowest BCUT2D eigenvalue weighted by molar-refractivity contribution is 0.673. The molecular weight excluding hydrogens is 753 g/mol. The minimum atomic E-state index is -0.564. The van der Waals surface area contributed by atoms with Crippen molar-refractivity contribution in [2.75, 3.05) is 4.90 Å². The molecule has 2 aliphatic rings. The smallest absolute Gasteiger partial charge is 0.145 e. The number of benzene rings is 10. The lowest BCUT2D eigenvalue weighted by Crippen LogP contribution is -2.26. The van der Waals surface area contributed by atoms with Crippen LogP contribution in [0.15, 0.2) is 223 Å². The fraction of sp³-hybridized carbons (Fsp3) is 0.0169. The Balaban J connectivity index is 1.05. The number of para-hydroxylation sites is 3. The van der Waals surface area contributed by atoms with E-state index in [9.17, 15) is 0 Å². The van der Waals surface area contributed by atoms with Crippen molar-refractivity contribution in [2.24, 2.45) is 0 Å². The first-order valence-electron chi connectivity index (χ1n) is 21.4. The van der Waals surface area contributed by atoms with Crippen LogP contribution in [0.25, 0.3) is 82.5 Å². The van der Waals surface area contributed by atoms with Crippen molar-refractivity contribution in [1.82, 2.24) is 4.57 Å². The molecule has 1 atom stereocenters. The van der Waals surface area contributed by atoms with Gasteiger partial charge in [-0.25, -0.2) is 0 Å². The van der Waals surface area contributed by atoms with E-state index in [1.165, 1.54) is 66.2 Å². The number of nitrogens with zero attached hydrogens (tertiary/aromatic N) is 2. The van der Waals surface area contributed by atoms with Crippen molar-refractivity contribution in [2.45, 2.75) is 5.41 Å². The van der Waals surface area contributed by atoms with Crippen LogP contribution in [0, 0.1) is 0 Å². The van der Waals surface area contributed by atoms with Gasteiger partial charge < -0.3 is 13.9 Å². The Hall–Kier alpha value is -8.14. The van der Waals surface area contributed by atoms with Crippen LogP contribution in [0.5, 0.6) is 0 Å². The Kier molecular flexibility index (Phi) is 6.76. The van der Waals surface area contributed by atoms with E-state index in [0.717, 1.165) is 55.6 Å². The van der Waals surface area contributed by atoms with Crippen LogP contribution < -0.4 is 4.90 Å². The molecule has 1 unspecified atom stereocenters. The highest BCUT2D eigenvalue weighted by atomic mass is 16.3. The predicted molar refractivity (Wildman–Crippen MR) is 257 cm³/mol. The largest absolute Gasteiger partial charge is 0.455 e. The normalized spacial score (nSPS) is 14.8.